The van der Waals surface area contributed by atoms with Crippen LogP contribution in [0.1, 0.15) is 33.1 Å². The van der Waals surface area contributed by atoms with Crippen molar-refractivity contribution in [2.24, 2.45) is 10.9 Å². The minimum atomic E-state index is -3.19. The van der Waals surface area contributed by atoms with Crippen LogP contribution in [-0.2, 0) is 19.9 Å². The smallest absolute Gasteiger partial charge is 0.211 e. The molecule has 26 heavy (non-hydrogen) atoms. The summed E-state index contributed by atoms with van der Waals surface area (Å²) in [5, 5.41) is 6.45. The lowest BCUT2D eigenvalue weighted by atomic mass is 10.1. The van der Waals surface area contributed by atoms with Crippen LogP contribution in [0.3, 0.4) is 0 Å². The maximum absolute atomic E-state index is 11.8. The van der Waals surface area contributed by atoms with E-state index < -0.39 is 19.9 Å². The highest BCUT2D eigenvalue weighted by Gasteiger charge is 2.31. The molecule has 0 aromatic heterocycles. The number of sulfone groups is 1. The van der Waals surface area contributed by atoms with Crippen LogP contribution in [-0.4, -0.2) is 76.6 Å². The third-order valence-electron chi connectivity index (χ3n) is 4.51. The number of rotatable bonds is 6. The van der Waals surface area contributed by atoms with E-state index in [1.165, 1.54) is 10.6 Å². The molecule has 0 aromatic rings. The molecule has 2 atom stereocenters. The molecule has 2 fully saturated rings. The summed E-state index contributed by atoms with van der Waals surface area (Å²) in [5.41, 5.74) is 0. The van der Waals surface area contributed by atoms with Gasteiger partial charge in [-0.1, -0.05) is 0 Å². The molecule has 2 heterocycles. The standard InChI is InChI=1S/C15H30N4O4S2.HI/c1-12(2)18-15(16-9-13-6-8-25(22,23)11-13)17-10-14-5-4-7-19(14)24(3,20)21;/h12-14H,4-11H2,1-3H3,(H2,16,17,18);1H/t13?,14-;/m1./s1. The summed E-state index contributed by atoms with van der Waals surface area (Å²) in [4.78, 5) is 4.52. The number of aliphatic imine (C=N–C) groups is 1. The van der Waals surface area contributed by atoms with Crippen LogP contribution in [0.15, 0.2) is 4.99 Å². The summed E-state index contributed by atoms with van der Waals surface area (Å²) in [5.74, 6) is 1.13. The second-order valence-corrected chi connectivity index (χ2v) is 11.5. The molecule has 2 rings (SSSR count). The average molecular weight is 522 g/mol. The number of guanidine groups is 1. The highest BCUT2D eigenvalue weighted by atomic mass is 127. The second-order valence-electron chi connectivity index (χ2n) is 7.31. The lowest BCUT2D eigenvalue weighted by Gasteiger charge is -2.24. The fourth-order valence-electron chi connectivity index (χ4n) is 3.33. The lowest BCUT2D eigenvalue weighted by molar-refractivity contribution is 0.387. The van der Waals surface area contributed by atoms with Gasteiger partial charge in [0.15, 0.2) is 15.8 Å². The number of nitrogens with zero attached hydrogens (tertiary/aromatic N) is 2. The van der Waals surface area contributed by atoms with Gasteiger partial charge in [0.2, 0.25) is 10.0 Å². The van der Waals surface area contributed by atoms with E-state index in [9.17, 15) is 16.8 Å². The van der Waals surface area contributed by atoms with Gasteiger partial charge in [0.1, 0.15) is 0 Å². The van der Waals surface area contributed by atoms with Crippen molar-refractivity contribution >= 4 is 49.8 Å². The van der Waals surface area contributed by atoms with Crippen molar-refractivity contribution in [1.82, 2.24) is 14.9 Å². The molecule has 1 unspecified atom stereocenters. The summed E-state index contributed by atoms with van der Waals surface area (Å²) in [7, 11) is -6.09. The van der Waals surface area contributed by atoms with E-state index in [0.717, 1.165) is 12.8 Å². The Kier molecular flexibility index (Phi) is 9.08. The summed E-state index contributed by atoms with van der Waals surface area (Å²) in [6.45, 7) is 5.51. The quantitative estimate of drug-likeness (QED) is 0.297. The monoisotopic (exact) mass is 522 g/mol. The van der Waals surface area contributed by atoms with Crippen LogP contribution >= 0.6 is 24.0 Å². The molecule has 0 amide bonds. The van der Waals surface area contributed by atoms with E-state index in [-0.39, 0.29) is 53.5 Å². The van der Waals surface area contributed by atoms with Crippen LogP contribution in [0.4, 0.5) is 0 Å². The molecule has 8 nitrogen and oxygen atoms in total. The Bertz CT molecular complexity index is 694. The Morgan fingerprint density at radius 1 is 1.31 bits per heavy atom. The van der Waals surface area contributed by atoms with Gasteiger partial charge >= 0.3 is 0 Å². The molecule has 0 aliphatic carbocycles. The normalized spacial score (nSPS) is 26.7. The highest BCUT2D eigenvalue weighted by Crippen LogP contribution is 2.20. The zero-order valence-corrected chi connectivity index (χ0v) is 19.6. The molecule has 0 radical (unpaired) electrons. The predicted molar refractivity (Wildman–Crippen MR) is 115 cm³/mol. The van der Waals surface area contributed by atoms with Gasteiger partial charge in [-0.3, -0.25) is 4.99 Å². The van der Waals surface area contributed by atoms with Gasteiger partial charge in [-0.2, -0.15) is 4.31 Å². The Morgan fingerprint density at radius 3 is 2.54 bits per heavy atom. The molecule has 2 N–H and O–H groups in total. The maximum atomic E-state index is 11.8. The summed E-state index contributed by atoms with van der Waals surface area (Å²) in [6, 6.07) is 0.106. The van der Waals surface area contributed by atoms with Crippen LogP contribution in [0.5, 0.6) is 0 Å². The molecule has 0 bridgehead atoms. The van der Waals surface area contributed by atoms with Crippen molar-refractivity contribution < 1.29 is 16.8 Å². The van der Waals surface area contributed by atoms with Gasteiger partial charge in [0, 0.05) is 31.7 Å². The number of nitrogens with one attached hydrogen (secondary N) is 2. The van der Waals surface area contributed by atoms with Crippen molar-refractivity contribution in [1.29, 1.82) is 0 Å². The van der Waals surface area contributed by atoms with Gasteiger partial charge in [-0.15, -0.1) is 24.0 Å². The van der Waals surface area contributed by atoms with E-state index in [0.29, 0.717) is 32.0 Å². The summed E-state index contributed by atoms with van der Waals surface area (Å²) < 4.78 is 48.3. The zero-order valence-electron chi connectivity index (χ0n) is 15.6. The van der Waals surface area contributed by atoms with Crippen LogP contribution in [0.2, 0.25) is 0 Å². The molecular weight excluding hydrogens is 491 g/mol. The first-order valence-corrected chi connectivity index (χ1v) is 12.5. The molecule has 0 aromatic carbocycles. The minimum Gasteiger partial charge on any atom is -0.355 e. The molecule has 11 heteroatoms. The maximum Gasteiger partial charge on any atom is 0.211 e. The zero-order chi connectivity index (χ0) is 18.7. The predicted octanol–water partition coefficient (Wildman–Crippen LogP) is 0.407. The molecule has 2 saturated heterocycles. The molecule has 0 saturated carbocycles. The first-order valence-electron chi connectivity index (χ1n) is 8.79. The molecule has 2 aliphatic rings. The Balaban J connectivity index is 0.00000338. The van der Waals surface area contributed by atoms with Crippen molar-refractivity contribution in [2.75, 3.05) is 37.4 Å². The van der Waals surface area contributed by atoms with Crippen molar-refractivity contribution in [2.45, 2.75) is 45.2 Å². The summed E-state index contributed by atoms with van der Waals surface area (Å²) >= 11 is 0. The van der Waals surface area contributed by atoms with Crippen molar-refractivity contribution in [3.05, 3.63) is 0 Å². The number of sulfonamides is 1. The van der Waals surface area contributed by atoms with Gasteiger partial charge in [-0.25, -0.2) is 16.8 Å². The van der Waals surface area contributed by atoms with E-state index in [1.807, 2.05) is 13.8 Å². The SMILES string of the molecule is CC(C)NC(=NCC1CCS(=O)(=O)C1)NC[C@H]1CCCN1S(C)(=O)=O.I. The lowest BCUT2D eigenvalue weighted by Crippen LogP contribution is -2.47. The van der Waals surface area contributed by atoms with E-state index in [2.05, 4.69) is 15.6 Å². The third-order valence-corrected chi connectivity index (χ3v) is 7.68. The van der Waals surface area contributed by atoms with E-state index >= 15 is 0 Å². The van der Waals surface area contributed by atoms with Crippen LogP contribution in [0.25, 0.3) is 0 Å². The Morgan fingerprint density at radius 2 is 2.00 bits per heavy atom. The first kappa shape index (κ1) is 23.9. The minimum absolute atomic E-state index is 0. The topological polar surface area (TPSA) is 108 Å². The number of hydrogen-bond acceptors (Lipinski definition) is 5. The van der Waals surface area contributed by atoms with E-state index in [4.69, 9.17) is 0 Å². The second kappa shape index (κ2) is 9.87. The van der Waals surface area contributed by atoms with Crippen molar-refractivity contribution in [3.63, 3.8) is 0 Å². The van der Waals surface area contributed by atoms with Gasteiger partial charge < -0.3 is 10.6 Å². The third kappa shape index (κ3) is 7.47. The largest absolute Gasteiger partial charge is 0.355 e. The number of halogens is 1. The fourth-order valence-corrected chi connectivity index (χ4v) is 6.36. The summed E-state index contributed by atoms with van der Waals surface area (Å²) in [6.07, 6.45) is 3.60. The molecule has 154 valence electrons. The molecule has 0 spiro atoms. The van der Waals surface area contributed by atoms with Crippen LogP contribution in [0, 0.1) is 5.92 Å². The first-order chi connectivity index (χ1) is 11.6. The Hall–Kier alpha value is -0.140. The van der Waals surface area contributed by atoms with Crippen molar-refractivity contribution in [3.8, 4) is 0 Å². The van der Waals surface area contributed by atoms with E-state index in [1.54, 1.807) is 0 Å². The Labute approximate surface area is 174 Å². The fraction of sp³-hybridized carbons (Fsp3) is 0.933. The van der Waals surface area contributed by atoms with Gasteiger partial charge in [0.25, 0.3) is 0 Å². The number of hydrogen-bond donors (Lipinski definition) is 2. The van der Waals surface area contributed by atoms with Gasteiger partial charge in [-0.05, 0) is 39.0 Å². The highest BCUT2D eigenvalue weighted by molar-refractivity contribution is 14.0. The van der Waals surface area contributed by atoms with Crippen LogP contribution < -0.4 is 10.6 Å². The van der Waals surface area contributed by atoms with Gasteiger partial charge in [0.05, 0.1) is 17.8 Å². The molecular formula is C15H31IN4O4S2. The molecule has 2 aliphatic heterocycles. The average Bonchev–Trinajstić information content (AvgIpc) is 3.07.